The molecule has 0 aliphatic carbocycles. The topological polar surface area (TPSA) is 37.3 Å². The third kappa shape index (κ3) is 11.9. The molecule has 0 aliphatic heterocycles. The van der Waals surface area contributed by atoms with Crippen LogP contribution in [0.15, 0.2) is 34.9 Å². The van der Waals surface area contributed by atoms with Gasteiger partial charge >= 0.3 is 0 Å². The molecule has 0 amide bonds. The van der Waals surface area contributed by atoms with Gasteiger partial charge in [-0.1, -0.05) is 34.9 Å². The SMILES string of the molecule is CC(=O)CC/C=C(\C)CC/C=C(\C)CC/C=C(/C)CO. The van der Waals surface area contributed by atoms with Crippen LogP contribution in [0.4, 0.5) is 0 Å². The van der Waals surface area contributed by atoms with Gasteiger partial charge in [0.2, 0.25) is 0 Å². The lowest BCUT2D eigenvalue weighted by Crippen LogP contribution is -1.87. The molecular formula is C18H30O2. The van der Waals surface area contributed by atoms with Crippen molar-refractivity contribution in [2.75, 3.05) is 6.61 Å². The second-order valence-electron chi connectivity index (χ2n) is 5.63. The van der Waals surface area contributed by atoms with Crippen molar-refractivity contribution in [3.63, 3.8) is 0 Å². The molecule has 2 heteroatoms. The maximum atomic E-state index is 10.8. The van der Waals surface area contributed by atoms with E-state index in [1.165, 1.54) is 11.1 Å². The van der Waals surface area contributed by atoms with Crippen LogP contribution in [-0.2, 0) is 4.79 Å². The average Bonchev–Trinajstić information content (AvgIpc) is 2.38. The van der Waals surface area contributed by atoms with Crippen molar-refractivity contribution in [2.45, 2.75) is 66.2 Å². The van der Waals surface area contributed by atoms with Gasteiger partial charge < -0.3 is 9.90 Å². The average molecular weight is 278 g/mol. The predicted molar refractivity (Wildman–Crippen MR) is 86.7 cm³/mol. The number of carbonyl (C=O) groups is 1. The van der Waals surface area contributed by atoms with Gasteiger partial charge in [-0.15, -0.1) is 0 Å². The molecule has 114 valence electrons. The third-order valence-electron chi connectivity index (χ3n) is 3.30. The molecule has 0 aliphatic rings. The summed E-state index contributed by atoms with van der Waals surface area (Å²) in [7, 11) is 0. The number of aliphatic hydroxyl groups excluding tert-OH is 1. The molecule has 0 rings (SSSR count). The summed E-state index contributed by atoms with van der Waals surface area (Å²) in [5.74, 6) is 0.260. The monoisotopic (exact) mass is 278 g/mol. The molecule has 0 atom stereocenters. The standard InChI is InChI=1S/C18H30O2/c1-15(10-6-12-17(3)14-19)8-5-9-16(2)11-7-13-18(4)20/h8,11-12,19H,5-7,9-10,13-14H2,1-4H3/b15-8+,16-11+,17-12-. The zero-order valence-electron chi connectivity index (χ0n) is 13.5. The van der Waals surface area contributed by atoms with Crippen LogP contribution in [-0.4, -0.2) is 17.5 Å². The molecule has 0 aromatic carbocycles. The van der Waals surface area contributed by atoms with Crippen molar-refractivity contribution in [1.29, 1.82) is 0 Å². The molecule has 1 N–H and O–H groups in total. The second kappa shape index (κ2) is 11.7. The van der Waals surface area contributed by atoms with Crippen molar-refractivity contribution in [3.05, 3.63) is 34.9 Å². The summed E-state index contributed by atoms with van der Waals surface area (Å²) >= 11 is 0. The molecule has 0 spiro atoms. The number of Topliss-reactive ketones (excluding diaryl/α,β-unsaturated/α-hetero) is 1. The minimum Gasteiger partial charge on any atom is -0.392 e. The first-order chi connectivity index (χ1) is 9.45. The summed E-state index contributed by atoms with van der Waals surface area (Å²) in [5.41, 5.74) is 3.82. The molecule has 0 radical (unpaired) electrons. The number of hydrogen-bond donors (Lipinski definition) is 1. The summed E-state index contributed by atoms with van der Waals surface area (Å²) in [5, 5.41) is 8.90. The first-order valence-electron chi connectivity index (χ1n) is 7.53. The molecule has 0 heterocycles. The van der Waals surface area contributed by atoms with Gasteiger partial charge in [0.05, 0.1) is 6.61 Å². The normalized spacial score (nSPS) is 13.8. The van der Waals surface area contributed by atoms with Gasteiger partial charge in [-0.3, -0.25) is 0 Å². The van der Waals surface area contributed by atoms with Gasteiger partial charge in [0.1, 0.15) is 5.78 Å². The zero-order valence-corrected chi connectivity index (χ0v) is 13.5. The molecule has 0 fully saturated rings. The first-order valence-corrected chi connectivity index (χ1v) is 7.53. The largest absolute Gasteiger partial charge is 0.392 e. The Labute approximate surface area is 124 Å². The molecule has 0 saturated heterocycles. The van der Waals surface area contributed by atoms with Crippen molar-refractivity contribution in [1.82, 2.24) is 0 Å². The van der Waals surface area contributed by atoms with E-state index in [2.05, 4.69) is 32.1 Å². The Hall–Kier alpha value is -1.15. The molecule has 0 aromatic heterocycles. The number of rotatable bonds is 10. The van der Waals surface area contributed by atoms with Crippen LogP contribution < -0.4 is 0 Å². The fraction of sp³-hybridized carbons (Fsp3) is 0.611. The highest BCUT2D eigenvalue weighted by Gasteiger charge is 1.94. The van der Waals surface area contributed by atoms with E-state index < -0.39 is 0 Å². The Kier molecular flexibility index (Phi) is 11.0. The minimum absolute atomic E-state index is 0.160. The second-order valence-corrected chi connectivity index (χ2v) is 5.63. The summed E-state index contributed by atoms with van der Waals surface area (Å²) in [6.45, 7) is 8.05. The van der Waals surface area contributed by atoms with Gasteiger partial charge in [0.25, 0.3) is 0 Å². The van der Waals surface area contributed by atoms with Crippen molar-refractivity contribution in [3.8, 4) is 0 Å². The maximum absolute atomic E-state index is 10.8. The van der Waals surface area contributed by atoms with Gasteiger partial charge in [0.15, 0.2) is 0 Å². The summed E-state index contributed by atoms with van der Waals surface area (Å²) in [6, 6.07) is 0. The Morgan fingerprint density at radius 1 is 0.750 bits per heavy atom. The van der Waals surface area contributed by atoms with Crippen LogP contribution in [0.2, 0.25) is 0 Å². The molecular weight excluding hydrogens is 248 g/mol. The van der Waals surface area contributed by atoms with E-state index in [-0.39, 0.29) is 12.4 Å². The number of aliphatic hydroxyl groups is 1. The Morgan fingerprint density at radius 2 is 1.15 bits per heavy atom. The summed E-state index contributed by atoms with van der Waals surface area (Å²) in [6.07, 6.45) is 12.3. The van der Waals surface area contributed by atoms with E-state index >= 15 is 0 Å². The molecule has 0 bridgehead atoms. The number of carbonyl (C=O) groups excluding carboxylic acids is 1. The number of allylic oxidation sites excluding steroid dienone is 5. The van der Waals surface area contributed by atoms with Crippen LogP contribution in [0.25, 0.3) is 0 Å². The van der Waals surface area contributed by atoms with Crippen LogP contribution in [0.5, 0.6) is 0 Å². The van der Waals surface area contributed by atoms with E-state index in [1.54, 1.807) is 6.92 Å². The molecule has 0 unspecified atom stereocenters. The van der Waals surface area contributed by atoms with E-state index in [0.29, 0.717) is 6.42 Å². The highest BCUT2D eigenvalue weighted by molar-refractivity contribution is 5.75. The van der Waals surface area contributed by atoms with Crippen molar-refractivity contribution >= 4 is 5.78 Å². The lowest BCUT2D eigenvalue weighted by Gasteiger charge is -2.01. The first kappa shape index (κ1) is 18.9. The van der Waals surface area contributed by atoms with E-state index in [9.17, 15) is 4.79 Å². The van der Waals surface area contributed by atoms with Crippen LogP contribution >= 0.6 is 0 Å². The summed E-state index contributed by atoms with van der Waals surface area (Å²) < 4.78 is 0. The highest BCUT2D eigenvalue weighted by Crippen LogP contribution is 2.12. The lowest BCUT2D eigenvalue weighted by molar-refractivity contribution is -0.116. The fourth-order valence-corrected chi connectivity index (χ4v) is 1.88. The molecule has 2 nitrogen and oxygen atoms in total. The molecule has 20 heavy (non-hydrogen) atoms. The smallest absolute Gasteiger partial charge is 0.130 e. The van der Waals surface area contributed by atoms with Gasteiger partial charge in [-0.2, -0.15) is 0 Å². The highest BCUT2D eigenvalue weighted by atomic mass is 16.3. The number of ketones is 1. The molecule has 0 aromatic rings. The predicted octanol–water partition coefficient (Wildman–Crippen LogP) is 4.75. The fourth-order valence-electron chi connectivity index (χ4n) is 1.88. The van der Waals surface area contributed by atoms with Gasteiger partial charge in [-0.25, -0.2) is 0 Å². The zero-order chi connectivity index (χ0) is 15.4. The van der Waals surface area contributed by atoms with Crippen LogP contribution in [0, 0.1) is 0 Å². The van der Waals surface area contributed by atoms with Gasteiger partial charge in [0, 0.05) is 6.42 Å². The van der Waals surface area contributed by atoms with Gasteiger partial charge in [-0.05, 0) is 59.8 Å². The quantitative estimate of drug-likeness (QED) is 0.586. The molecule has 0 saturated carbocycles. The van der Waals surface area contributed by atoms with E-state index in [1.807, 2.05) is 6.92 Å². The summed E-state index contributed by atoms with van der Waals surface area (Å²) in [4.78, 5) is 10.8. The Morgan fingerprint density at radius 3 is 1.55 bits per heavy atom. The Balaban J connectivity index is 3.89. The van der Waals surface area contributed by atoms with Crippen molar-refractivity contribution < 1.29 is 9.90 Å². The minimum atomic E-state index is 0.160. The maximum Gasteiger partial charge on any atom is 0.130 e. The van der Waals surface area contributed by atoms with E-state index in [4.69, 9.17) is 5.11 Å². The third-order valence-corrected chi connectivity index (χ3v) is 3.30. The number of hydrogen-bond acceptors (Lipinski definition) is 2. The lowest BCUT2D eigenvalue weighted by atomic mass is 10.1. The van der Waals surface area contributed by atoms with E-state index in [0.717, 1.165) is 37.7 Å². The van der Waals surface area contributed by atoms with Crippen molar-refractivity contribution in [2.24, 2.45) is 0 Å². The van der Waals surface area contributed by atoms with Crippen LogP contribution in [0.1, 0.15) is 66.2 Å². The van der Waals surface area contributed by atoms with Crippen LogP contribution in [0.3, 0.4) is 0 Å². The Bertz CT molecular complexity index is 373.